The lowest BCUT2D eigenvalue weighted by Crippen LogP contribution is -2.48. The van der Waals surface area contributed by atoms with E-state index in [2.05, 4.69) is 5.32 Å². The number of sulfonamides is 1. The molecule has 7 heteroatoms. The Morgan fingerprint density at radius 2 is 1.68 bits per heavy atom. The quantitative estimate of drug-likeness (QED) is 0.694. The summed E-state index contributed by atoms with van der Waals surface area (Å²) in [7, 11) is -3.66. The number of anilines is 1. The molecule has 0 heterocycles. The predicted octanol–water partition coefficient (Wildman–Crippen LogP) is 3.51. The highest BCUT2D eigenvalue weighted by atomic mass is 32.2. The number of ether oxygens (including phenoxy) is 1. The molecule has 0 bridgehead atoms. The lowest BCUT2D eigenvalue weighted by atomic mass is 10.0. The van der Waals surface area contributed by atoms with Gasteiger partial charge in [0.15, 0.2) is 0 Å². The van der Waals surface area contributed by atoms with Gasteiger partial charge in [0, 0.05) is 0 Å². The van der Waals surface area contributed by atoms with Gasteiger partial charge in [0.2, 0.25) is 15.9 Å². The van der Waals surface area contributed by atoms with Crippen LogP contribution in [0.25, 0.3) is 0 Å². The maximum Gasteiger partial charge on any atom is 0.244 e. The average Bonchev–Trinajstić information content (AvgIpc) is 2.67. The van der Waals surface area contributed by atoms with Gasteiger partial charge in [0.1, 0.15) is 11.8 Å². The molecular weight excluding hydrogens is 376 g/mol. The Morgan fingerprint density at radius 3 is 2.18 bits per heavy atom. The van der Waals surface area contributed by atoms with Crippen molar-refractivity contribution < 1.29 is 17.9 Å². The summed E-state index contributed by atoms with van der Waals surface area (Å²) in [6.07, 6.45) is 1.80. The van der Waals surface area contributed by atoms with Crippen LogP contribution < -0.4 is 14.4 Å². The number of carbonyl (C=O) groups is 1. The highest BCUT2D eigenvalue weighted by molar-refractivity contribution is 7.92. The van der Waals surface area contributed by atoms with Gasteiger partial charge in [0.05, 0.1) is 24.6 Å². The van der Waals surface area contributed by atoms with Crippen molar-refractivity contribution in [2.45, 2.75) is 39.3 Å². The van der Waals surface area contributed by atoms with E-state index in [1.807, 2.05) is 44.2 Å². The van der Waals surface area contributed by atoms with Crippen molar-refractivity contribution in [3.8, 4) is 5.75 Å². The van der Waals surface area contributed by atoms with Gasteiger partial charge in [-0.15, -0.1) is 0 Å². The first kappa shape index (κ1) is 21.8. The van der Waals surface area contributed by atoms with Gasteiger partial charge in [-0.3, -0.25) is 9.10 Å². The maximum atomic E-state index is 12.9. The van der Waals surface area contributed by atoms with Gasteiger partial charge >= 0.3 is 0 Å². The van der Waals surface area contributed by atoms with Crippen LogP contribution in [0.2, 0.25) is 0 Å². The number of nitrogens with zero attached hydrogens (tertiary/aromatic N) is 1. The van der Waals surface area contributed by atoms with E-state index in [4.69, 9.17) is 4.74 Å². The summed E-state index contributed by atoms with van der Waals surface area (Å²) >= 11 is 0. The fourth-order valence-corrected chi connectivity index (χ4v) is 4.24. The summed E-state index contributed by atoms with van der Waals surface area (Å²) in [5, 5.41) is 2.97. The van der Waals surface area contributed by atoms with Crippen molar-refractivity contribution in [2.24, 2.45) is 0 Å². The van der Waals surface area contributed by atoms with Crippen molar-refractivity contribution >= 4 is 21.6 Å². The van der Waals surface area contributed by atoms with E-state index in [9.17, 15) is 13.2 Å². The van der Waals surface area contributed by atoms with Crippen molar-refractivity contribution in [1.82, 2.24) is 5.32 Å². The first-order valence-electron chi connectivity index (χ1n) is 9.35. The van der Waals surface area contributed by atoms with E-state index in [-0.39, 0.29) is 11.9 Å². The minimum Gasteiger partial charge on any atom is -0.494 e. The van der Waals surface area contributed by atoms with Crippen molar-refractivity contribution in [2.75, 3.05) is 17.2 Å². The molecule has 0 fully saturated rings. The van der Waals surface area contributed by atoms with E-state index in [0.29, 0.717) is 24.5 Å². The van der Waals surface area contributed by atoms with Crippen LogP contribution >= 0.6 is 0 Å². The molecule has 0 spiro atoms. The number of amides is 1. The summed E-state index contributed by atoms with van der Waals surface area (Å²) < 4.78 is 31.4. The maximum absolute atomic E-state index is 12.9. The fraction of sp³-hybridized carbons (Fsp3) is 0.381. The highest BCUT2D eigenvalue weighted by Gasteiger charge is 2.30. The summed E-state index contributed by atoms with van der Waals surface area (Å²) in [5.41, 5.74) is 1.40. The Labute approximate surface area is 167 Å². The van der Waals surface area contributed by atoms with Crippen LogP contribution in [0.3, 0.4) is 0 Å². The van der Waals surface area contributed by atoms with Gasteiger partial charge in [-0.1, -0.05) is 37.3 Å². The number of nitrogens with one attached hydrogen (secondary N) is 1. The van der Waals surface area contributed by atoms with E-state index < -0.39 is 16.1 Å². The first-order valence-corrected chi connectivity index (χ1v) is 11.2. The normalized spacial score (nSPS) is 13.4. The Hall–Kier alpha value is -2.54. The Morgan fingerprint density at radius 1 is 1.07 bits per heavy atom. The molecule has 152 valence electrons. The molecule has 28 heavy (non-hydrogen) atoms. The van der Waals surface area contributed by atoms with Crippen LogP contribution in [-0.4, -0.2) is 33.2 Å². The number of rotatable bonds is 9. The minimum atomic E-state index is -3.66. The first-order chi connectivity index (χ1) is 13.3. The second kappa shape index (κ2) is 9.59. The molecule has 0 aromatic heterocycles. The SMILES string of the molecule is CCOc1ccc(N(C(C)C(=O)NC(CC)c2ccccc2)S(C)(=O)=O)cc1. The number of hydrogen-bond donors (Lipinski definition) is 1. The second-order valence-electron chi connectivity index (χ2n) is 6.54. The zero-order chi connectivity index (χ0) is 20.7. The predicted molar refractivity (Wildman–Crippen MR) is 112 cm³/mol. The summed E-state index contributed by atoms with van der Waals surface area (Å²) in [6.45, 7) is 5.96. The van der Waals surface area contributed by atoms with E-state index >= 15 is 0 Å². The summed E-state index contributed by atoms with van der Waals surface area (Å²) in [6, 6.07) is 15.2. The number of carbonyl (C=O) groups excluding carboxylic acids is 1. The monoisotopic (exact) mass is 404 g/mol. The van der Waals surface area contributed by atoms with E-state index in [1.54, 1.807) is 31.2 Å². The molecule has 1 amide bonds. The van der Waals surface area contributed by atoms with Crippen LogP contribution in [0.1, 0.15) is 38.8 Å². The molecule has 0 aliphatic heterocycles. The molecule has 2 unspecified atom stereocenters. The zero-order valence-electron chi connectivity index (χ0n) is 16.8. The van der Waals surface area contributed by atoms with Crippen LogP contribution in [0, 0.1) is 0 Å². The molecule has 2 aromatic rings. The molecular formula is C21H28N2O4S. The van der Waals surface area contributed by atoms with Gasteiger partial charge in [-0.05, 0) is 50.1 Å². The molecule has 2 aromatic carbocycles. The third kappa shape index (κ3) is 5.48. The van der Waals surface area contributed by atoms with Crippen LogP contribution in [0.4, 0.5) is 5.69 Å². The largest absolute Gasteiger partial charge is 0.494 e. The van der Waals surface area contributed by atoms with Crippen molar-refractivity contribution in [1.29, 1.82) is 0 Å². The molecule has 0 saturated carbocycles. The van der Waals surface area contributed by atoms with Gasteiger partial charge in [-0.2, -0.15) is 0 Å². The zero-order valence-corrected chi connectivity index (χ0v) is 17.6. The number of hydrogen-bond acceptors (Lipinski definition) is 4. The fourth-order valence-electron chi connectivity index (χ4n) is 3.06. The molecule has 6 nitrogen and oxygen atoms in total. The summed E-state index contributed by atoms with van der Waals surface area (Å²) in [4.78, 5) is 12.9. The third-order valence-corrected chi connectivity index (χ3v) is 5.66. The Balaban J connectivity index is 2.24. The molecule has 1 N–H and O–H groups in total. The molecule has 0 radical (unpaired) electrons. The molecule has 2 rings (SSSR count). The van der Waals surface area contributed by atoms with Crippen LogP contribution in [-0.2, 0) is 14.8 Å². The van der Waals surface area contributed by atoms with Crippen molar-refractivity contribution in [3.05, 3.63) is 60.2 Å². The Kier molecular flexibility index (Phi) is 7.45. The van der Waals surface area contributed by atoms with E-state index in [1.165, 1.54) is 0 Å². The van der Waals surface area contributed by atoms with Crippen LogP contribution in [0.15, 0.2) is 54.6 Å². The molecule has 0 aliphatic rings. The average molecular weight is 405 g/mol. The molecule has 2 atom stereocenters. The smallest absolute Gasteiger partial charge is 0.244 e. The second-order valence-corrected chi connectivity index (χ2v) is 8.40. The third-order valence-electron chi connectivity index (χ3n) is 4.42. The van der Waals surface area contributed by atoms with Gasteiger partial charge in [-0.25, -0.2) is 8.42 Å². The topological polar surface area (TPSA) is 75.7 Å². The standard InChI is InChI=1S/C21H28N2O4S/c1-5-20(17-10-8-7-9-11-17)22-21(24)16(3)23(28(4,25)26)18-12-14-19(15-13-18)27-6-2/h7-16,20H,5-6H2,1-4H3,(H,22,24). The summed E-state index contributed by atoms with van der Waals surface area (Å²) in [5.74, 6) is 0.293. The number of benzene rings is 2. The molecule has 0 saturated heterocycles. The van der Waals surface area contributed by atoms with Crippen LogP contribution in [0.5, 0.6) is 5.75 Å². The van der Waals surface area contributed by atoms with Crippen molar-refractivity contribution in [3.63, 3.8) is 0 Å². The van der Waals surface area contributed by atoms with Gasteiger partial charge in [0.25, 0.3) is 0 Å². The van der Waals surface area contributed by atoms with Gasteiger partial charge < -0.3 is 10.1 Å². The Bertz CT molecular complexity index is 867. The lowest BCUT2D eigenvalue weighted by molar-refractivity contribution is -0.122. The highest BCUT2D eigenvalue weighted by Crippen LogP contribution is 2.25. The minimum absolute atomic E-state index is 0.183. The van der Waals surface area contributed by atoms with E-state index in [0.717, 1.165) is 16.1 Å². The molecule has 0 aliphatic carbocycles. The lowest BCUT2D eigenvalue weighted by Gasteiger charge is -2.30.